The number of aromatic nitrogens is 3. The number of nitrogens with zero attached hydrogens (tertiary/aromatic N) is 3. The summed E-state index contributed by atoms with van der Waals surface area (Å²) in [5, 5.41) is 37.2. The van der Waals surface area contributed by atoms with Crippen molar-refractivity contribution in [2.45, 2.75) is 331 Å². The van der Waals surface area contributed by atoms with Crippen molar-refractivity contribution in [2.75, 3.05) is 0 Å². The highest BCUT2D eigenvalue weighted by Crippen LogP contribution is 2.47. The third kappa shape index (κ3) is 17.8. The van der Waals surface area contributed by atoms with Gasteiger partial charge in [0.25, 0.3) is 0 Å². The van der Waals surface area contributed by atoms with E-state index in [0.717, 1.165) is 204 Å². The van der Waals surface area contributed by atoms with E-state index in [1.807, 2.05) is 36.4 Å². The van der Waals surface area contributed by atoms with E-state index in [4.69, 9.17) is 0 Å². The number of hydrogen-bond acceptors (Lipinski definition) is 6. The number of phenolic OH excluding ortho intramolecular Hbond substituents is 3. The molecule has 9 nitrogen and oxygen atoms in total. The van der Waals surface area contributed by atoms with Crippen LogP contribution in [0.5, 0.6) is 17.2 Å². The van der Waals surface area contributed by atoms with Crippen molar-refractivity contribution in [3.8, 4) is 17.2 Å². The number of unbranched alkanes of at least 4 members (excludes halogenated alkanes) is 12. The summed E-state index contributed by atoms with van der Waals surface area (Å²) in [6.45, 7) is 39.0. The lowest BCUT2D eigenvalue weighted by Gasteiger charge is -2.33. The maximum atomic E-state index is 15.6. The SMILES string of the molecule is CCCCCC(C)(C)c1cc(Cn2c(=O)n(Cc3cc(C(C)(C)CCCCC)c(O)c(C(C)(C)CCCCC)c3)c(=O)n(Cc3cc(C(C)(C)CCCCC)c(O)c(C(C)(C)CCCCC)c3)c2=O)cc(C(C)(C)CCCCC)c1O. The van der Waals surface area contributed by atoms with Gasteiger partial charge in [0.1, 0.15) is 17.2 Å². The number of phenols is 3. The number of benzene rings is 3. The van der Waals surface area contributed by atoms with Crippen LogP contribution in [0.3, 0.4) is 0 Å². The smallest absolute Gasteiger partial charge is 0.336 e. The minimum Gasteiger partial charge on any atom is -0.507 e. The van der Waals surface area contributed by atoms with Crippen LogP contribution in [0.25, 0.3) is 0 Å². The van der Waals surface area contributed by atoms with Crippen molar-refractivity contribution in [1.29, 1.82) is 0 Å². The fourth-order valence-electron chi connectivity index (χ4n) is 12.8. The molecular weight excluding hydrogens is 1000 g/mol. The van der Waals surface area contributed by atoms with Crippen LogP contribution in [0.15, 0.2) is 50.8 Å². The molecule has 4 aromatic rings. The van der Waals surface area contributed by atoms with Gasteiger partial charge in [0.2, 0.25) is 0 Å². The molecule has 0 saturated carbocycles. The van der Waals surface area contributed by atoms with Crippen LogP contribution in [-0.4, -0.2) is 29.0 Å². The van der Waals surface area contributed by atoms with Crippen molar-refractivity contribution in [3.05, 3.63) is 118 Å². The quantitative estimate of drug-likeness (QED) is 0.0390. The summed E-state index contributed by atoms with van der Waals surface area (Å²) >= 11 is 0. The lowest BCUT2D eigenvalue weighted by molar-refractivity contribution is 0.379. The number of aromatic hydroxyl groups is 3. The highest BCUT2D eigenvalue weighted by atomic mass is 16.3. The number of hydrogen-bond donors (Lipinski definition) is 3. The second-order valence-electron chi connectivity index (χ2n) is 28.8. The lowest BCUT2D eigenvalue weighted by Crippen LogP contribution is -2.55. The van der Waals surface area contributed by atoms with Gasteiger partial charge in [-0.2, -0.15) is 0 Å². The maximum absolute atomic E-state index is 15.6. The third-order valence-electron chi connectivity index (χ3n) is 18.7. The van der Waals surface area contributed by atoms with Crippen molar-refractivity contribution >= 4 is 0 Å². The maximum Gasteiger partial charge on any atom is 0.336 e. The fourth-order valence-corrected chi connectivity index (χ4v) is 12.8. The first-order valence-corrected chi connectivity index (χ1v) is 32.5. The standard InChI is InChI=1S/C72H117N3O6/c1-19-25-31-37-67(7,8)55-43-52(44-56(61(55)76)68(9,10)38-32-26-20-2)49-73-64(79)74(50-53-45-57(69(11,12)39-33-27-21-3)62(77)58(46-53)70(13,14)40-34-28-22-4)66(81)75(65(73)80)51-54-47-59(71(15,16)41-35-29-23-5)63(78)60(48-54)72(17,18)42-36-30-24-6/h43-48,76-78H,19-42,49-51H2,1-18H3. The summed E-state index contributed by atoms with van der Waals surface area (Å²) in [5.74, 6) is 0.833. The summed E-state index contributed by atoms with van der Waals surface area (Å²) in [5.41, 5.74) is 2.34. The van der Waals surface area contributed by atoms with Crippen LogP contribution >= 0.6 is 0 Å². The van der Waals surface area contributed by atoms with E-state index in [-0.39, 0.29) is 36.9 Å². The predicted octanol–water partition coefficient (Wildman–Crippen LogP) is 18.6. The van der Waals surface area contributed by atoms with Crippen LogP contribution in [-0.2, 0) is 52.1 Å². The molecule has 4 rings (SSSR count). The third-order valence-corrected chi connectivity index (χ3v) is 18.7. The number of rotatable bonds is 36. The highest BCUT2D eigenvalue weighted by molar-refractivity contribution is 5.53. The molecule has 0 aliphatic rings. The largest absolute Gasteiger partial charge is 0.507 e. The molecule has 0 unspecified atom stereocenters. The molecular formula is C72H117N3O6. The Morgan fingerprint density at radius 2 is 0.432 bits per heavy atom. The van der Waals surface area contributed by atoms with Crippen molar-refractivity contribution < 1.29 is 15.3 Å². The van der Waals surface area contributed by atoms with Gasteiger partial charge in [0.15, 0.2) is 0 Å². The zero-order chi connectivity index (χ0) is 60.7. The van der Waals surface area contributed by atoms with E-state index < -0.39 is 49.6 Å². The molecule has 3 aromatic carbocycles. The summed E-state index contributed by atoms with van der Waals surface area (Å²) in [6, 6.07) is 12.0. The van der Waals surface area contributed by atoms with E-state index in [2.05, 4.69) is 125 Å². The van der Waals surface area contributed by atoms with Gasteiger partial charge >= 0.3 is 17.1 Å². The molecule has 0 bridgehead atoms. The Hall–Kier alpha value is -4.53. The first kappa shape index (κ1) is 69.0. The molecule has 0 spiro atoms. The second-order valence-corrected chi connectivity index (χ2v) is 28.8. The molecule has 9 heteroatoms. The van der Waals surface area contributed by atoms with Gasteiger partial charge in [-0.05, 0) is 124 Å². The van der Waals surface area contributed by atoms with Gasteiger partial charge in [0, 0.05) is 33.4 Å². The van der Waals surface area contributed by atoms with Crippen LogP contribution in [0.2, 0.25) is 0 Å². The highest BCUT2D eigenvalue weighted by Gasteiger charge is 2.35. The molecule has 81 heavy (non-hydrogen) atoms. The van der Waals surface area contributed by atoms with E-state index >= 15 is 14.4 Å². The predicted molar refractivity (Wildman–Crippen MR) is 344 cm³/mol. The molecule has 0 aliphatic heterocycles. The molecule has 0 radical (unpaired) electrons. The molecule has 0 atom stereocenters. The topological polar surface area (TPSA) is 127 Å². The van der Waals surface area contributed by atoms with Crippen LogP contribution in [0.1, 0.15) is 329 Å². The van der Waals surface area contributed by atoms with Gasteiger partial charge < -0.3 is 15.3 Å². The first-order valence-electron chi connectivity index (χ1n) is 32.5. The van der Waals surface area contributed by atoms with E-state index in [0.29, 0.717) is 0 Å². The average molecular weight is 1120 g/mol. The summed E-state index contributed by atoms with van der Waals surface area (Å²) in [7, 11) is 0. The van der Waals surface area contributed by atoms with Gasteiger partial charge in [0.05, 0.1) is 19.6 Å². The summed E-state index contributed by atoms with van der Waals surface area (Å²) in [6.07, 6.45) is 24.0. The summed E-state index contributed by atoms with van der Waals surface area (Å²) < 4.78 is 3.73. The van der Waals surface area contributed by atoms with Crippen LogP contribution in [0.4, 0.5) is 0 Å². The molecule has 0 aliphatic carbocycles. The Balaban J connectivity index is 2.19. The van der Waals surface area contributed by atoms with E-state index in [1.165, 1.54) is 13.7 Å². The monoisotopic (exact) mass is 1120 g/mol. The Kier molecular flexibility index (Phi) is 25.4. The Labute approximate surface area is 492 Å². The minimum atomic E-state index is -0.705. The van der Waals surface area contributed by atoms with Crippen LogP contribution < -0.4 is 17.1 Å². The molecule has 0 fully saturated rings. The minimum absolute atomic E-state index is 0.115. The van der Waals surface area contributed by atoms with Crippen LogP contribution in [0, 0.1) is 0 Å². The van der Waals surface area contributed by atoms with Crippen molar-refractivity contribution in [3.63, 3.8) is 0 Å². The normalized spacial score (nSPS) is 13.0. The Bertz CT molecular complexity index is 2370. The second kappa shape index (κ2) is 29.8. The molecule has 456 valence electrons. The molecule has 1 heterocycles. The van der Waals surface area contributed by atoms with Crippen molar-refractivity contribution in [2.24, 2.45) is 0 Å². The van der Waals surface area contributed by atoms with E-state index in [9.17, 15) is 15.3 Å². The van der Waals surface area contributed by atoms with Gasteiger partial charge in [-0.3, -0.25) is 0 Å². The molecule has 1 aromatic heterocycles. The average Bonchev–Trinajstić information content (AvgIpc) is 3.39. The Morgan fingerprint density at radius 1 is 0.284 bits per heavy atom. The van der Waals surface area contributed by atoms with Gasteiger partial charge in [-0.25, -0.2) is 28.1 Å². The molecule has 0 saturated heterocycles. The molecule has 0 amide bonds. The first-order chi connectivity index (χ1) is 37.9. The zero-order valence-corrected chi connectivity index (χ0v) is 55.0. The van der Waals surface area contributed by atoms with Gasteiger partial charge in [-0.15, -0.1) is 0 Å². The Morgan fingerprint density at radius 3 is 0.568 bits per heavy atom. The zero-order valence-electron chi connectivity index (χ0n) is 55.0. The van der Waals surface area contributed by atoms with Gasteiger partial charge in [-0.1, -0.05) is 240 Å². The van der Waals surface area contributed by atoms with Crippen molar-refractivity contribution in [1.82, 2.24) is 13.7 Å². The lowest BCUT2D eigenvalue weighted by atomic mass is 9.73. The van der Waals surface area contributed by atoms with E-state index in [1.54, 1.807) is 0 Å². The molecule has 3 N–H and O–H groups in total. The fraction of sp³-hybridized carbons (Fsp3) is 0.708. The summed E-state index contributed by atoms with van der Waals surface area (Å²) in [4.78, 5) is 46.9.